The molecule has 106 valence electrons. The maximum Gasteiger partial charge on any atom is 0.0407 e. The van der Waals surface area contributed by atoms with Crippen molar-refractivity contribution in [3.63, 3.8) is 0 Å². The predicted octanol–water partition coefficient (Wildman–Crippen LogP) is 4.89. The van der Waals surface area contributed by atoms with Crippen LogP contribution in [0.15, 0.2) is 53.9 Å². The Morgan fingerprint density at radius 1 is 1.14 bits per heavy atom. The van der Waals surface area contributed by atoms with Gasteiger partial charge in [0.1, 0.15) is 0 Å². The molecule has 0 saturated heterocycles. The number of fused-ring (bicyclic) bond motifs is 2. The van der Waals surface area contributed by atoms with E-state index in [-0.39, 0.29) is 0 Å². The molecule has 0 amide bonds. The minimum absolute atomic E-state index is 0.423. The zero-order valence-electron chi connectivity index (χ0n) is 12.2. The molecule has 0 bridgehead atoms. The van der Waals surface area contributed by atoms with Crippen LogP contribution in [0.5, 0.6) is 0 Å². The van der Waals surface area contributed by atoms with Crippen LogP contribution in [0.3, 0.4) is 0 Å². The highest BCUT2D eigenvalue weighted by Crippen LogP contribution is 2.45. The van der Waals surface area contributed by atoms with Gasteiger partial charge in [-0.25, -0.2) is 0 Å². The third-order valence-electron chi connectivity index (χ3n) is 4.57. The number of rotatable bonds is 4. The molecule has 2 aromatic carbocycles. The second-order valence-corrected chi connectivity index (χ2v) is 6.65. The molecule has 21 heavy (non-hydrogen) atoms. The van der Waals surface area contributed by atoms with Gasteiger partial charge in [0.25, 0.3) is 0 Å². The average molecular weight is 293 g/mol. The van der Waals surface area contributed by atoms with E-state index in [1.54, 1.807) is 0 Å². The van der Waals surface area contributed by atoms with Crippen LogP contribution in [0, 0.1) is 0 Å². The Balaban J connectivity index is 1.78. The first kappa shape index (κ1) is 13.1. The van der Waals surface area contributed by atoms with Gasteiger partial charge < -0.3 is 5.32 Å². The van der Waals surface area contributed by atoms with Crippen molar-refractivity contribution in [3.05, 3.63) is 70.6 Å². The van der Waals surface area contributed by atoms with E-state index in [9.17, 15) is 0 Å². The fraction of sp³-hybridized carbons (Fsp3) is 0.263. The Kier molecular flexibility index (Phi) is 3.28. The molecule has 2 unspecified atom stereocenters. The lowest BCUT2D eigenvalue weighted by molar-refractivity contribution is 0.422. The summed E-state index contributed by atoms with van der Waals surface area (Å²) in [6, 6.07) is 18.2. The van der Waals surface area contributed by atoms with Gasteiger partial charge in [-0.3, -0.25) is 0 Å². The second kappa shape index (κ2) is 5.28. The van der Waals surface area contributed by atoms with Gasteiger partial charge in [0, 0.05) is 16.7 Å². The van der Waals surface area contributed by atoms with Gasteiger partial charge in [0.05, 0.1) is 0 Å². The van der Waals surface area contributed by atoms with Crippen molar-refractivity contribution in [1.82, 2.24) is 5.32 Å². The van der Waals surface area contributed by atoms with E-state index < -0.39 is 0 Å². The van der Waals surface area contributed by atoms with Crippen molar-refractivity contribution >= 4 is 21.4 Å². The summed E-state index contributed by atoms with van der Waals surface area (Å²) in [6.45, 7) is 3.21. The van der Waals surface area contributed by atoms with E-state index in [0.717, 1.165) is 6.54 Å². The molecule has 0 aliphatic heterocycles. The van der Waals surface area contributed by atoms with Crippen molar-refractivity contribution in [3.8, 4) is 0 Å². The summed E-state index contributed by atoms with van der Waals surface area (Å²) in [6.07, 6.45) is 1.19. The lowest BCUT2D eigenvalue weighted by atomic mass is 9.71. The quantitative estimate of drug-likeness (QED) is 0.722. The molecule has 0 saturated carbocycles. The van der Waals surface area contributed by atoms with Crippen LogP contribution in [0.4, 0.5) is 0 Å². The first-order valence-corrected chi connectivity index (χ1v) is 8.53. The molecule has 1 N–H and O–H groups in total. The summed E-state index contributed by atoms with van der Waals surface area (Å²) in [4.78, 5) is 0. The lowest BCUT2D eigenvalue weighted by Crippen LogP contribution is -2.33. The SMILES string of the molecule is CCNC(c1cccc2ccsc12)C1Cc2ccccc21. The van der Waals surface area contributed by atoms with Crippen molar-refractivity contribution in [2.24, 2.45) is 0 Å². The first-order chi connectivity index (χ1) is 10.4. The normalized spacial score (nSPS) is 18.2. The van der Waals surface area contributed by atoms with Crippen LogP contribution in [0.25, 0.3) is 10.1 Å². The molecule has 0 radical (unpaired) electrons. The first-order valence-electron chi connectivity index (χ1n) is 7.66. The second-order valence-electron chi connectivity index (χ2n) is 5.73. The number of thiophene rings is 1. The van der Waals surface area contributed by atoms with Crippen LogP contribution in [-0.4, -0.2) is 6.54 Å². The Labute approximate surface area is 129 Å². The largest absolute Gasteiger partial charge is 0.310 e. The number of benzene rings is 2. The zero-order chi connectivity index (χ0) is 14.2. The summed E-state index contributed by atoms with van der Waals surface area (Å²) in [5.74, 6) is 0.605. The van der Waals surface area contributed by atoms with E-state index in [1.165, 1.54) is 33.2 Å². The van der Waals surface area contributed by atoms with Gasteiger partial charge in [0.15, 0.2) is 0 Å². The van der Waals surface area contributed by atoms with E-state index in [2.05, 4.69) is 66.2 Å². The Morgan fingerprint density at radius 2 is 2.05 bits per heavy atom. The Hall–Kier alpha value is -1.64. The molecular weight excluding hydrogens is 274 g/mol. The van der Waals surface area contributed by atoms with Gasteiger partial charge in [-0.2, -0.15) is 0 Å². The van der Waals surface area contributed by atoms with Crippen molar-refractivity contribution in [2.75, 3.05) is 6.54 Å². The molecule has 4 rings (SSSR count). The van der Waals surface area contributed by atoms with Gasteiger partial charge in [-0.15, -0.1) is 11.3 Å². The summed E-state index contributed by atoms with van der Waals surface area (Å²) in [5.41, 5.74) is 4.50. The van der Waals surface area contributed by atoms with Gasteiger partial charge in [0.2, 0.25) is 0 Å². The van der Waals surface area contributed by atoms with Crippen LogP contribution in [-0.2, 0) is 6.42 Å². The molecule has 1 aliphatic rings. The molecule has 3 aromatic rings. The van der Waals surface area contributed by atoms with Crippen LogP contribution in [0.1, 0.15) is 35.6 Å². The highest BCUT2D eigenvalue weighted by Gasteiger charge is 2.33. The minimum Gasteiger partial charge on any atom is -0.310 e. The van der Waals surface area contributed by atoms with Crippen LogP contribution in [0.2, 0.25) is 0 Å². The predicted molar refractivity (Wildman–Crippen MR) is 91.1 cm³/mol. The van der Waals surface area contributed by atoms with Crippen molar-refractivity contribution in [2.45, 2.75) is 25.3 Å². The zero-order valence-corrected chi connectivity index (χ0v) is 13.0. The molecule has 1 aliphatic carbocycles. The molecule has 1 aromatic heterocycles. The lowest BCUT2D eigenvalue weighted by Gasteiger charge is -2.37. The maximum atomic E-state index is 3.73. The third kappa shape index (κ3) is 2.10. The monoisotopic (exact) mass is 293 g/mol. The highest BCUT2D eigenvalue weighted by molar-refractivity contribution is 7.17. The number of nitrogens with one attached hydrogen (secondary N) is 1. The van der Waals surface area contributed by atoms with Crippen molar-refractivity contribution in [1.29, 1.82) is 0 Å². The van der Waals surface area contributed by atoms with E-state index in [4.69, 9.17) is 0 Å². The summed E-state index contributed by atoms with van der Waals surface area (Å²) >= 11 is 1.86. The standard InChI is InChI=1S/C19H19NS/c1-2-20-18(17-12-14-6-3-4-8-15(14)17)16-9-5-7-13-10-11-21-19(13)16/h3-11,17-18,20H,2,12H2,1H3. The fourth-order valence-electron chi connectivity index (χ4n) is 3.54. The minimum atomic E-state index is 0.423. The molecule has 1 heterocycles. The average Bonchev–Trinajstić information content (AvgIpc) is 2.96. The fourth-order valence-corrected chi connectivity index (χ4v) is 4.50. The number of likely N-dealkylation sites (N-methyl/N-ethyl adjacent to an activating group) is 1. The van der Waals surface area contributed by atoms with E-state index in [0.29, 0.717) is 12.0 Å². The number of hydrogen-bond acceptors (Lipinski definition) is 2. The topological polar surface area (TPSA) is 12.0 Å². The molecule has 0 fully saturated rings. The third-order valence-corrected chi connectivity index (χ3v) is 5.54. The van der Waals surface area contributed by atoms with E-state index in [1.807, 2.05) is 11.3 Å². The van der Waals surface area contributed by atoms with Gasteiger partial charge >= 0.3 is 0 Å². The smallest absolute Gasteiger partial charge is 0.0407 e. The maximum absolute atomic E-state index is 3.73. The van der Waals surface area contributed by atoms with Crippen LogP contribution >= 0.6 is 11.3 Å². The van der Waals surface area contributed by atoms with Crippen molar-refractivity contribution < 1.29 is 0 Å². The summed E-state index contributed by atoms with van der Waals surface area (Å²) in [7, 11) is 0. The van der Waals surface area contributed by atoms with Crippen LogP contribution < -0.4 is 5.32 Å². The highest BCUT2D eigenvalue weighted by atomic mass is 32.1. The van der Waals surface area contributed by atoms with Gasteiger partial charge in [-0.1, -0.05) is 49.4 Å². The van der Waals surface area contributed by atoms with Gasteiger partial charge in [-0.05, 0) is 46.5 Å². The molecular formula is C19H19NS. The Morgan fingerprint density at radius 3 is 2.90 bits per heavy atom. The molecule has 0 spiro atoms. The summed E-state index contributed by atoms with van der Waals surface area (Å²) < 4.78 is 1.44. The molecule has 2 atom stereocenters. The number of hydrogen-bond donors (Lipinski definition) is 1. The molecule has 1 nitrogen and oxygen atoms in total. The summed E-state index contributed by atoms with van der Waals surface area (Å²) in [5, 5.41) is 7.30. The molecule has 2 heteroatoms. The van der Waals surface area contributed by atoms with E-state index >= 15 is 0 Å². The Bertz CT molecular complexity index is 774.